The summed E-state index contributed by atoms with van der Waals surface area (Å²) >= 11 is 1.30. The average Bonchev–Trinajstić information content (AvgIpc) is 3.30. The maximum Gasteiger partial charge on any atom is 0.262 e. The molecule has 4 rings (SSSR count). The number of aromatic nitrogens is 2. The summed E-state index contributed by atoms with van der Waals surface area (Å²) in [4.78, 5) is 32.3. The van der Waals surface area contributed by atoms with Gasteiger partial charge in [-0.15, -0.1) is 0 Å². The number of rotatable bonds is 7. The molecule has 1 amide bonds. The van der Waals surface area contributed by atoms with Crippen LogP contribution in [0.4, 0.5) is 11.4 Å². The fraction of sp³-hybridized carbons (Fsp3) is 0.348. The zero-order valence-corrected chi connectivity index (χ0v) is 18.0. The van der Waals surface area contributed by atoms with Crippen molar-refractivity contribution < 1.29 is 4.79 Å². The highest BCUT2D eigenvalue weighted by molar-refractivity contribution is 7.99. The second-order valence-electron chi connectivity index (χ2n) is 7.45. The van der Waals surface area contributed by atoms with Gasteiger partial charge in [-0.25, -0.2) is 4.98 Å². The number of nitrogens with zero attached hydrogens (tertiary/aromatic N) is 3. The van der Waals surface area contributed by atoms with E-state index in [1.54, 1.807) is 10.6 Å². The van der Waals surface area contributed by atoms with Crippen LogP contribution in [0.25, 0.3) is 10.9 Å². The normalized spacial score (nSPS) is 13.7. The first-order valence-corrected chi connectivity index (χ1v) is 11.4. The third-order valence-electron chi connectivity index (χ3n) is 5.23. The molecule has 1 fully saturated rings. The number of benzene rings is 2. The Hall–Kier alpha value is -2.80. The molecule has 2 heterocycles. The van der Waals surface area contributed by atoms with E-state index >= 15 is 0 Å². The summed E-state index contributed by atoms with van der Waals surface area (Å²) in [7, 11) is 0. The Morgan fingerprint density at radius 2 is 1.83 bits per heavy atom. The summed E-state index contributed by atoms with van der Waals surface area (Å²) in [6.45, 7) is 4.80. The number of hydrogen-bond acceptors (Lipinski definition) is 5. The van der Waals surface area contributed by atoms with Crippen LogP contribution in [0.3, 0.4) is 0 Å². The second kappa shape index (κ2) is 9.34. The third kappa shape index (κ3) is 4.51. The predicted molar refractivity (Wildman–Crippen MR) is 124 cm³/mol. The van der Waals surface area contributed by atoms with Crippen molar-refractivity contribution in [2.45, 2.75) is 37.9 Å². The van der Waals surface area contributed by atoms with Crippen LogP contribution in [0.2, 0.25) is 0 Å². The first-order chi connectivity index (χ1) is 14.7. The molecule has 156 valence electrons. The zero-order chi connectivity index (χ0) is 20.9. The van der Waals surface area contributed by atoms with Crippen LogP contribution in [0.5, 0.6) is 0 Å². The molecule has 1 aliphatic rings. The maximum atomic E-state index is 12.8. The monoisotopic (exact) mass is 422 g/mol. The zero-order valence-electron chi connectivity index (χ0n) is 17.1. The van der Waals surface area contributed by atoms with E-state index in [0.717, 1.165) is 25.2 Å². The van der Waals surface area contributed by atoms with E-state index in [2.05, 4.69) is 27.3 Å². The van der Waals surface area contributed by atoms with Crippen molar-refractivity contribution >= 4 is 39.9 Å². The van der Waals surface area contributed by atoms with Crippen LogP contribution >= 0.6 is 11.8 Å². The number of amides is 1. The fourth-order valence-electron chi connectivity index (χ4n) is 3.74. The summed E-state index contributed by atoms with van der Waals surface area (Å²) in [5, 5.41) is 4.13. The molecule has 7 heteroatoms. The van der Waals surface area contributed by atoms with Gasteiger partial charge in [0.2, 0.25) is 5.91 Å². The number of anilines is 2. The van der Waals surface area contributed by atoms with Gasteiger partial charge in [-0.3, -0.25) is 14.2 Å². The summed E-state index contributed by atoms with van der Waals surface area (Å²) in [6, 6.07) is 15.3. The second-order valence-corrected chi connectivity index (χ2v) is 8.39. The van der Waals surface area contributed by atoms with E-state index in [4.69, 9.17) is 0 Å². The van der Waals surface area contributed by atoms with E-state index in [9.17, 15) is 9.59 Å². The van der Waals surface area contributed by atoms with Gasteiger partial charge in [0, 0.05) is 31.0 Å². The Morgan fingerprint density at radius 1 is 1.10 bits per heavy atom. The Labute approximate surface area is 180 Å². The molecular formula is C23H26N4O2S. The van der Waals surface area contributed by atoms with Crippen molar-refractivity contribution in [1.29, 1.82) is 0 Å². The molecule has 1 aliphatic heterocycles. The van der Waals surface area contributed by atoms with Gasteiger partial charge in [0.1, 0.15) is 0 Å². The van der Waals surface area contributed by atoms with E-state index in [1.807, 2.05) is 37.3 Å². The number of fused-ring (bicyclic) bond motifs is 1. The lowest BCUT2D eigenvalue weighted by molar-refractivity contribution is -0.113. The highest BCUT2D eigenvalue weighted by atomic mass is 32.2. The van der Waals surface area contributed by atoms with Crippen LogP contribution in [0.15, 0.2) is 58.5 Å². The summed E-state index contributed by atoms with van der Waals surface area (Å²) in [5.41, 5.74) is 2.59. The number of nitrogens with one attached hydrogen (secondary N) is 1. The lowest BCUT2D eigenvalue weighted by Gasteiger charge is -2.17. The lowest BCUT2D eigenvalue weighted by atomic mass is 10.2. The van der Waals surface area contributed by atoms with E-state index in [-0.39, 0.29) is 17.2 Å². The molecule has 0 bridgehead atoms. The maximum absolute atomic E-state index is 12.8. The molecule has 0 aliphatic carbocycles. The van der Waals surface area contributed by atoms with Crippen molar-refractivity contribution in [3.05, 3.63) is 58.9 Å². The molecule has 1 saturated heterocycles. The van der Waals surface area contributed by atoms with Gasteiger partial charge in [-0.1, -0.05) is 30.8 Å². The molecule has 6 nitrogen and oxygen atoms in total. The smallest absolute Gasteiger partial charge is 0.262 e. The van der Waals surface area contributed by atoms with Gasteiger partial charge in [-0.2, -0.15) is 0 Å². The predicted octanol–water partition coefficient (Wildman–Crippen LogP) is 4.14. The molecule has 1 aromatic heterocycles. The van der Waals surface area contributed by atoms with Crippen molar-refractivity contribution in [3.8, 4) is 0 Å². The van der Waals surface area contributed by atoms with E-state index < -0.39 is 0 Å². The number of hydrogen-bond donors (Lipinski definition) is 1. The Bertz CT molecular complexity index is 1090. The molecule has 2 aromatic carbocycles. The highest BCUT2D eigenvalue weighted by Crippen LogP contribution is 2.23. The van der Waals surface area contributed by atoms with Crippen LogP contribution in [-0.2, 0) is 11.3 Å². The van der Waals surface area contributed by atoms with Gasteiger partial charge in [0.15, 0.2) is 5.16 Å². The van der Waals surface area contributed by atoms with Crippen LogP contribution in [-0.4, -0.2) is 34.3 Å². The van der Waals surface area contributed by atoms with Crippen molar-refractivity contribution in [2.75, 3.05) is 29.1 Å². The molecule has 0 spiro atoms. The third-order valence-corrected chi connectivity index (χ3v) is 6.20. The Balaban J connectivity index is 1.43. The number of para-hydroxylation sites is 1. The van der Waals surface area contributed by atoms with Crippen LogP contribution in [0, 0.1) is 0 Å². The first-order valence-electron chi connectivity index (χ1n) is 10.4. The molecule has 30 heavy (non-hydrogen) atoms. The minimum absolute atomic E-state index is 0.0529. The van der Waals surface area contributed by atoms with Gasteiger partial charge in [-0.05, 0) is 55.7 Å². The van der Waals surface area contributed by atoms with Gasteiger partial charge >= 0.3 is 0 Å². The number of thioether (sulfide) groups is 1. The molecule has 0 saturated carbocycles. The summed E-state index contributed by atoms with van der Waals surface area (Å²) < 4.78 is 1.67. The van der Waals surface area contributed by atoms with E-state index in [1.165, 1.54) is 30.3 Å². The Kier molecular flexibility index (Phi) is 6.38. The van der Waals surface area contributed by atoms with Crippen molar-refractivity contribution in [2.24, 2.45) is 0 Å². The number of carbonyl (C=O) groups excluding carboxylic acids is 1. The van der Waals surface area contributed by atoms with Crippen molar-refractivity contribution in [1.82, 2.24) is 9.55 Å². The SMILES string of the molecule is CCCn1c(SCC(=O)Nc2ccc(N3CCCC3)cc2)nc2ccccc2c1=O. The molecule has 0 atom stereocenters. The van der Waals surface area contributed by atoms with Gasteiger partial charge < -0.3 is 10.2 Å². The molecular weight excluding hydrogens is 396 g/mol. The van der Waals surface area contributed by atoms with Gasteiger partial charge in [0.05, 0.1) is 16.7 Å². The molecule has 0 radical (unpaired) electrons. The quantitative estimate of drug-likeness (QED) is 0.458. The molecule has 0 unspecified atom stereocenters. The van der Waals surface area contributed by atoms with Crippen LogP contribution in [0.1, 0.15) is 26.2 Å². The molecule has 1 N–H and O–H groups in total. The standard InChI is InChI=1S/C23H26N4O2S/c1-2-13-27-22(29)19-7-3-4-8-20(19)25-23(27)30-16-21(28)24-17-9-11-18(12-10-17)26-14-5-6-15-26/h3-4,7-12H,2,5-6,13-16H2,1H3,(H,24,28). The minimum atomic E-state index is -0.112. The number of carbonyl (C=O) groups is 1. The lowest BCUT2D eigenvalue weighted by Crippen LogP contribution is -2.24. The van der Waals surface area contributed by atoms with E-state index in [0.29, 0.717) is 22.6 Å². The topological polar surface area (TPSA) is 67.2 Å². The minimum Gasteiger partial charge on any atom is -0.372 e. The fourth-order valence-corrected chi connectivity index (χ4v) is 4.56. The van der Waals surface area contributed by atoms with Gasteiger partial charge in [0.25, 0.3) is 5.56 Å². The average molecular weight is 423 g/mol. The summed E-state index contributed by atoms with van der Waals surface area (Å²) in [5.74, 6) is 0.0851. The largest absolute Gasteiger partial charge is 0.372 e. The van der Waals surface area contributed by atoms with Crippen molar-refractivity contribution in [3.63, 3.8) is 0 Å². The summed E-state index contributed by atoms with van der Waals surface area (Å²) in [6.07, 6.45) is 3.30. The highest BCUT2D eigenvalue weighted by Gasteiger charge is 2.14. The first kappa shape index (κ1) is 20.5. The molecule has 3 aromatic rings. The van der Waals surface area contributed by atoms with Crippen LogP contribution < -0.4 is 15.8 Å². The Morgan fingerprint density at radius 3 is 2.57 bits per heavy atom.